The van der Waals surface area contributed by atoms with E-state index < -0.39 is 17.9 Å². The van der Waals surface area contributed by atoms with Gasteiger partial charge in [0.1, 0.15) is 12.3 Å². The maximum Gasteiger partial charge on any atom is 0.328 e. The van der Waals surface area contributed by atoms with Crippen LogP contribution in [0.4, 0.5) is 0 Å². The predicted molar refractivity (Wildman–Crippen MR) is 93.8 cm³/mol. The maximum absolute atomic E-state index is 12.3. The minimum Gasteiger partial charge on any atom is -0.464 e. The van der Waals surface area contributed by atoms with Crippen LogP contribution in [0, 0.1) is 0 Å². The second-order valence-electron chi connectivity index (χ2n) is 5.38. The number of thioether (sulfide) groups is 1. The van der Waals surface area contributed by atoms with Crippen LogP contribution < -0.4 is 11.1 Å². The Morgan fingerprint density at radius 2 is 2.17 bits per heavy atom. The van der Waals surface area contributed by atoms with Gasteiger partial charge in [-0.05, 0) is 31.8 Å². The lowest BCUT2D eigenvalue weighted by atomic mass is 10.1. The summed E-state index contributed by atoms with van der Waals surface area (Å²) in [5, 5.41) is 2.66. The first-order chi connectivity index (χ1) is 11.5. The molecule has 1 rings (SSSR count). The van der Waals surface area contributed by atoms with Crippen LogP contribution in [0.1, 0.15) is 62.0 Å². The Morgan fingerprint density at radius 1 is 1.42 bits per heavy atom. The van der Waals surface area contributed by atoms with Crippen LogP contribution >= 0.6 is 11.8 Å². The zero-order valence-electron chi connectivity index (χ0n) is 14.5. The van der Waals surface area contributed by atoms with Gasteiger partial charge in [0.05, 0.1) is 12.6 Å². The molecule has 0 saturated carbocycles. The second-order valence-corrected chi connectivity index (χ2v) is 6.36. The van der Waals surface area contributed by atoms with Crippen molar-refractivity contribution in [2.75, 3.05) is 18.6 Å². The summed E-state index contributed by atoms with van der Waals surface area (Å²) < 4.78 is 10.3. The van der Waals surface area contributed by atoms with E-state index in [1.807, 2.05) is 6.26 Å². The van der Waals surface area contributed by atoms with Gasteiger partial charge >= 0.3 is 5.97 Å². The zero-order valence-corrected chi connectivity index (χ0v) is 15.4. The summed E-state index contributed by atoms with van der Waals surface area (Å²) in [6.07, 6.45) is 6.44. The molecule has 0 saturated heterocycles. The lowest BCUT2D eigenvalue weighted by Gasteiger charge is -2.16. The summed E-state index contributed by atoms with van der Waals surface area (Å²) in [6.45, 7) is 4.07. The van der Waals surface area contributed by atoms with Gasteiger partial charge in [-0.1, -0.05) is 19.8 Å². The number of unbranched alkanes of at least 4 members (excludes halogenated alkanes) is 1. The van der Waals surface area contributed by atoms with Crippen LogP contribution in [0.25, 0.3) is 0 Å². The molecule has 3 N–H and O–H groups in total. The van der Waals surface area contributed by atoms with Gasteiger partial charge in [0.25, 0.3) is 5.91 Å². The Labute approximate surface area is 147 Å². The highest BCUT2D eigenvalue weighted by atomic mass is 32.2. The second kappa shape index (κ2) is 11.1. The molecule has 1 amide bonds. The number of nitrogens with one attached hydrogen (secondary N) is 1. The van der Waals surface area contributed by atoms with E-state index in [9.17, 15) is 9.59 Å². The zero-order chi connectivity index (χ0) is 17.9. The number of nitrogens with two attached hydrogens (primary N) is 1. The number of carbonyl (C=O) groups is 2. The minimum atomic E-state index is -0.696. The van der Waals surface area contributed by atoms with Gasteiger partial charge in [-0.25, -0.2) is 9.78 Å². The molecular formula is C16H27N3O4S. The number of ether oxygens (including phenoxy) is 1. The average molecular weight is 357 g/mol. The van der Waals surface area contributed by atoms with Crippen LogP contribution in [0.2, 0.25) is 0 Å². The number of hydrogen-bond donors (Lipinski definition) is 2. The van der Waals surface area contributed by atoms with E-state index in [1.54, 1.807) is 18.7 Å². The molecule has 0 bridgehead atoms. The molecule has 2 unspecified atom stereocenters. The third-order valence-electron chi connectivity index (χ3n) is 3.43. The first-order valence-corrected chi connectivity index (χ1v) is 9.60. The van der Waals surface area contributed by atoms with E-state index >= 15 is 0 Å². The largest absolute Gasteiger partial charge is 0.464 e. The molecule has 24 heavy (non-hydrogen) atoms. The molecule has 2 atom stereocenters. The SMILES string of the molecule is CCCCC(N)c1nc(C(=O)NC(CCSC)C(=O)OCC)co1. The van der Waals surface area contributed by atoms with Crippen molar-refractivity contribution in [1.29, 1.82) is 0 Å². The number of oxazole rings is 1. The molecule has 0 aliphatic rings. The van der Waals surface area contributed by atoms with Gasteiger partial charge in [0.2, 0.25) is 5.89 Å². The van der Waals surface area contributed by atoms with E-state index in [0.717, 1.165) is 25.0 Å². The van der Waals surface area contributed by atoms with Gasteiger partial charge < -0.3 is 20.2 Å². The van der Waals surface area contributed by atoms with Crippen molar-refractivity contribution in [3.8, 4) is 0 Å². The molecule has 0 aliphatic heterocycles. The molecule has 8 heteroatoms. The van der Waals surface area contributed by atoms with Crippen LogP contribution in [0.5, 0.6) is 0 Å². The molecule has 7 nitrogen and oxygen atoms in total. The Kier molecular flexibility index (Phi) is 9.48. The highest BCUT2D eigenvalue weighted by Gasteiger charge is 2.24. The van der Waals surface area contributed by atoms with Crippen LogP contribution in [0.3, 0.4) is 0 Å². The Hall–Kier alpha value is -1.54. The molecule has 0 radical (unpaired) electrons. The van der Waals surface area contributed by atoms with E-state index in [0.29, 0.717) is 12.3 Å². The van der Waals surface area contributed by atoms with Crippen LogP contribution in [-0.2, 0) is 9.53 Å². The summed E-state index contributed by atoms with van der Waals surface area (Å²) >= 11 is 1.59. The number of amides is 1. The van der Waals surface area contributed by atoms with Gasteiger partial charge in [-0.15, -0.1) is 0 Å². The van der Waals surface area contributed by atoms with Gasteiger partial charge in [-0.3, -0.25) is 4.79 Å². The third-order valence-corrected chi connectivity index (χ3v) is 4.07. The van der Waals surface area contributed by atoms with Crippen LogP contribution in [-0.4, -0.2) is 41.5 Å². The summed E-state index contributed by atoms with van der Waals surface area (Å²) in [5.74, 6) is 0.163. The molecule has 1 aromatic rings. The molecular weight excluding hydrogens is 330 g/mol. The number of carbonyl (C=O) groups excluding carboxylic acids is 2. The van der Waals surface area contributed by atoms with E-state index in [-0.39, 0.29) is 18.3 Å². The van der Waals surface area contributed by atoms with Gasteiger partial charge in [0, 0.05) is 0 Å². The van der Waals surface area contributed by atoms with Crippen molar-refractivity contribution in [3.63, 3.8) is 0 Å². The third kappa shape index (κ3) is 6.52. The first kappa shape index (κ1) is 20.5. The molecule has 0 aliphatic carbocycles. The summed E-state index contributed by atoms with van der Waals surface area (Å²) in [7, 11) is 0. The molecule has 0 aromatic carbocycles. The van der Waals surface area contributed by atoms with E-state index in [2.05, 4.69) is 17.2 Å². The van der Waals surface area contributed by atoms with Crippen molar-refractivity contribution < 1.29 is 18.7 Å². The summed E-state index contributed by atoms with van der Waals surface area (Å²) in [5.41, 5.74) is 6.11. The topological polar surface area (TPSA) is 107 Å². The smallest absolute Gasteiger partial charge is 0.328 e. The molecule has 1 heterocycles. The Morgan fingerprint density at radius 3 is 2.79 bits per heavy atom. The normalized spacial score (nSPS) is 13.3. The standard InChI is InChI=1S/C16H27N3O4S/c1-4-6-7-11(17)15-19-13(10-23-15)14(20)18-12(8-9-24-3)16(21)22-5-2/h10-12H,4-9,17H2,1-3H3,(H,18,20). The highest BCUT2D eigenvalue weighted by Crippen LogP contribution is 2.16. The first-order valence-electron chi connectivity index (χ1n) is 8.20. The highest BCUT2D eigenvalue weighted by molar-refractivity contribution is 7.98. The molecule has 1 aromatic heterocycles. The summed E-state index contributed by atoms with van der Waals surface area (Å²) in [6, 6.07) is -1.03. The molecule has 0 spiro atoms. The minimum absolute atomic E-state index is 0.121. The van der Waals surface area contributed by atoms with E-state index in [1.165, 1.54) is 6.26 Å². The fraction of sp³-hybridized carbons (Fsp3) is 0.688. The predicted octanol–water partition coefficient (Wildman–Crippen LogP) is 2.28. The number of rotatable bonds is 11. The quantitative estimate of drug-likeness (QED) is 0.585. The Balaban J connectivity index is 2.69. The average Bonchev–Trinajstić information content (AvgIpc) is 3.06. The molecule has 0 fully saturated rings. The maximum atomic E-state index is 12.3. The van der Waals surface area contributed by atoms with Crippen LogP contribution in [0.15, 0.2) is 10.7 Å². The monoisotopic (exact) mass is 357 g/mol. The van der Waals surface area contributed by atoms with Crippen molar-refractivity contribution in [2.24, 2.45) is 5.73 Å². The van der Waals surface area contributed by atoms with Gasteiger partial charge in [0.15, 0.2) is 5.69 Å². The molecule has 136 valence electrons. The number of esters is 1. The van der Waals surface area contributed by atoms with Crippen molar-refractivity contribution >= 4 is 23.6 Å². The van der Waals surface area contributed by atoms with Crippen molar-refractivity contribution in [1.82, 2.24) is 10.3 Å². The Bertz CT molecular complexity index is 521. The fourth-order valence-electron chi connectivity index (χ4n) is 2.07. The summed E-state index contributed by atoms with van der Waals surface area (Å²) in [4.78, 5) is 28.4. The number of aromatic nitrogens is 1. The van der Waals surface area contributed by atoms with Gasteiger partial charge in [-0.2, -0.15) is 11.8 Å². The number of nitrogens with zero attached hydrogens (tertiary/aromatic N) is 1. The lowest BCUT2D eigenvalue weighted by molar-refractivity contribution is -0.145. The fourth-order valence-corrected chi connectivity index (χ4v) is 2.54. The van der Waals surface area contributed by atoms with Crippen molar-refractivity contribution in [2.45, 2.75) is 51.6 Å². The number of hydrogen-bond acceptors (Lipinski definition) is 7. The lowest BCUT2D eigenvalue weighted by Crippen LogP contribution is -2.42. The van der Waals surface area contributed by atoms with E-state index in [4.69, 9.17) is 14.9 Å². The van der Waals surface area contributed by atoms with Crippen molar-refractivity contribution in [3.05, 3.63) is 17.8 Å².